The molecule has 1 aliphatic carbocycles. The summed E-state index contributed by atoms with van der Waals surface area (Å²) in [6, 6.07) is 9.36. The van der Waals surface area contributed by atoms with Gasteiger partial charge in [-0.05, 0) is 37.1 Å². The van der Waals surface area contributed by atoms with Gasteiger partial charge in [-0.2, -0.15) is 5.26 Å². The van der Waals surface area contributed by atoms with Gasteiger partial charge in [0.1, 0.15) is 18.4 Å². The summed E-state index contributed by atoms with van der Waals surface area (Å²) in [5, 5.41) is 11.7. The zero-order chi connectivity index (χ0) is 17.5. The van der Waals surface area contributed by atoms with E-state index < -0.39 is 0 Å². The standard InChI is InChI=1S/C19H25N3O3/c20-13-15-5-7-17(8-6-15)25-11-9-21-19(23)18-14-24-12-10-22(18)16-3-1-2-4-16/h5-8,16,18H,1-4,9-12,14H2,(H,21,23)/t18-/m0/s1. The minimum Gasteiger partial charge on any atom is -0.492 e. The monoisotopic (exact) mass is 343 g/mol. The van der Waals surface area contributed by atoms with Gasteiger partial charge in [-0.1, -0.05) is 12.8 Å². The van der Waals surface area contributed by atoms with Gasteiger partial charge in [-0.15, -0.1) is 0 Å². The highest BCUT2D eigenvalue weighted by Crippen LogP contribution is 2.26. The van der Waals surface area contributed by atoms with Gasteiger partial charge in [0, 0.05) is 12.6 Å². The lowest BCUT2D eigenvalue weighted by Gasteiger charge is -2.38. The summed E-state index contributed by atoms with van der Waals surface area (Å²) in [6.07, 6.45) is 4.89. The van der Waals surface area contributed by atoms with Crippen LogP contribution in [-0.4, -0.2) is 55.8 Å². The number of carbonyl (C=O) groups excluding carboxylic acids is 1. The molecule has 1 saturated carbocycles. The average molecular weight is 343 g/mol. The van der Waals surface area contributed by atoms with E-state index in [1.54, 1.807) is 24.3 Å². The second-order valence-electron chi connectivity index (χ2n) is 6.54. The van der Waals surface area contributed by atoms with Gasteiger partial charge in [-0.3, -0.25) is 9.69 Å². The van der Waals surface area contributed by atoms with Gasteiger partial charge in [0.2, 0.25) is 5.91 Å². The first-order valence-electron chi connectivity index (χ1n) is 9.02. The minimum absolute atomic E-state index is 0.0232. The lowest BCUT2D eigenvalue weighted by atomic mass is 10.1. The van der Waals surface area contributed by atoms with Gasteiger partial charge in [0.05, 0.1) is 31.4 Å². The number of benzene rings is 1. The lowest BCUT2D eigenvalue weighted by molar-refractivity contribution is -0.134. The Morgan fingerprint density at radius 1 is 1.32 bits per heavy atom. The molecule has 3 rings (SSSR count). The summed E-state index contributed by atoms with van der Waals surface area (Å²) in [5.74, 6) is 0.719. The first-order valence-corrected chi connectivity index (χ1v) is 9.02. The number of hydrogen-bond acceptors (Lipinski definition) is 5. The maximum atomic E-state index is 12.5. The van der Waals surface area contributed by atoms with Crippen molar-refractivity contribution in [1.82, 2.24) is 10.2 Å². The zero-order valence-electron chi connectivity index (χ0n) is 14.4. The molecule has 1 aliphatic heterocycles. The Balaban J connectivity index is 1.43. The molecule has 1 heterocycles. The highest BCUT2D eigenvalue weighted by Gasteiger charge is 2.35. The van der Waals surface area contributed by atoms with Crippen molar-refractivity contribution >= 4 is 5.91 Å². The molecule has 0 spiro atoms. The van der Waals surface area contributed by atoms with E-state index in [2.05, 4.69) is 16.3 Å². The number of nitriles is 1. The molecule has 0 aromatic heterocycles. The Labute approximate surface area is 148 Å². The molecule has 2 aliphatic rings. The maximum absolute atomic E-state index is 12.5. The van der Waals surface area contributed by atoms with E-state index in [9.17, 15) is 4.79 Å². The second-order valence-corrected chi connectivity index (χ2v) is 6.54. The SMILES string of the molecule is N#Cc1ccc(OCCNC(=O)[C@@H]2COCCN2C2CCCC2)cc1. The molecule has 1 saturated heterocycles. The van der Waals surface area contributed by atoms with E-state index in [-0.39, 0.29) is 11.9 Å². The highest BCUT2D eigenvalue weighted by molar-refractivity contribution is 5.82. The van der Waals surface area contributed by atoms with Gasteiger partial charge >= 0.3 is 0 Å². The number of nitrogens with one attached hydrogen (secondary N) is 1. The van der Waals surface area contributed by atoms with Crippen LogP contribution in [0.2, 0.25) is 0 Å². The lowest BCUT2D eigenvalue weighted by Crippen LogP contribution is -2.57. The molecule has 1 atom stereocenters. The van der Waals surface area contributed by atoms with Gasteiger partial charge in [-0.25, -0.2) is 0 Å². The number of hydrogen-bond donors (Lipinski definition) is 1. The number of amides is 1. The molecule has 25 heavy (non-hydrogen) atoms. The van der Waals surface area contributed by atoms with Crippen LogP contribution >= 0.6 is 0 Å². The van der Waals surface area contributed by atoms with Crippen LogP contribution in [0.15, 0.2) is 24.3 Å². The highest BCUT2D eigenvalue weighted by atomic mass is 16.5. The van der Waals surface area contributed by atoms with Crippen molar-refractivity contribution in [3.05, 3.63) is 29.8 Å². The van der Waals surface area contributed by atoms with Gasteiger partial charge in [0.25, 0.3) is 0 Å². The van der Waals surface area contributed by atoms with Gasteiger partial charge < -0.3 is 14.8 Å². The molecule has 0 unspecified atom stereocenters. The zero-order valence-corrected chi connectivity index (χ0v) is 14.4. The smallest absolute Gasteiger partial charge is 0.239 e. The minimum atomic E-state index is -0.188. The molecule has 1 N–H and O–H groups in total. The van der Waals surface area contributed by atoms with Crippen molar-refractivity contribution in [2.24, 2.45) is 0 Å². The third-order valence-corrected chi connectivity index (χ3v) is 4.92. The fourth-order valence-corrected chi connectivity index (χ4v) is 3.60. The Morgan fingerprint density at radius 2 is 2.08 bits per heavy atom. The van der Waals surface area contributed by atoms with E-state index in [4.69, 9.17) is 14.7 Å². The molecule has 0 radical (unpaired) electrons. The summed E-state index contributed by atoms with van der Waals surface area (Å²) in [4.78, 5) is 14.9. The average Bonchev–Trinajstić information content (AvgIpc) is 3.20. The van der Waals surface area contributed by atoms with Crippen LogP contribution in [0.3, 0.4) is 0 Å². The van der Waals surface area contributed by atoms with Crippen molar-refractivity contribution in [2.75, 3.05) is 32.9 Å². The summed E-state index contributed by atoms with van der Waals surface area (Å²) < 4.78 is 11.1. The van der Waals surface area contributed by atoms with E-state index >= 15 is 0 Å². The Kier molecular flexibility index (Phi) is 6.26. The van der Waals surface area contributed by atoms with Crippen LogP contribution in [0.4, 0.5) is 0 Å². The number of rotatable bonds is 6. The van der Waals surface area contributed by atoms with E-state index in [1.807, 2.05) is 0 Å². The molecule has 1 aromatic carbocycles. The summed E-state index contributed by atoms with van der Waals surface area (Å²) in [6.45, 7) is 2.87. The Morgan fingerprint density at radius 3 is 2.80 bits per heavy atom. The number of nitrogens with zero attached hydrogens (tertiary/aromatic N) is 2. The van der Waals surface area contributed by atoms with E-state index in [0.29, 0.717) is 43.7 Å². The van der Waals surface area contributed by atoms with Crippen LogP contribution < -0.4 is 10.1 Å². The first-order chi connectivity index (χ1) is 12.3. The summed E-state index contributed by atoms with van der Waals surface area (Å²) >= 11 is 0. The quantitative estimate of drug-likeness (QED) is 0.796. The molecule has 2 fully saturated rings. The molecular weight excluding hydrogens is 318 g/mol. The van der Waals surface area contributed by atoms with Crippen LogP contribution in [0.1, 0.15) is 31.2 Å². The maximum Gasteiger partial charge on any atom is 0.239 e. The van der Waals surface area contributed by atoms with Crippen molar-refractivity contribution in [3.63, 3.8) is 0 Å². The number of carbonyl (C=O) groups is 1. The molecule has 6 heteroatoms. The predicted octanol–water partition coefficient (Wildman–Crippen LogP) is 1.70. The third-order valence-electron chi connectivity index (χ3n) is 4.92. The molecule has 134 valence electrons. The second kappa shape index (κ2) is 8.84. The van der Waals surface area contributed by atoms with Crippen LogP contribution in [0, 0.1) is 11.3 Å². The predicted molar refractivity (Wildman–Crippen MR) is 93.2 cm³/mol. The number of ether oxygens (including phenoxy) is 2. The van der Waals surface area contributed by atoms with Crippen molar-refractivity contribution < 1.29 is 14.3 Å². The largest absolute Gasteiger partial charge is 0.492 e. The molecule has 1 amide bonds. The Hall–Kier alpha value is -2.10. The fourth-order valence-electron chi connectivity index (χ4n) is 3.60. The fraction of sp³-hybridized carbons (Fsp3) is 0.579. The molecule has 6 nitrogen and oxygen atoms in total. The van der Waals surface area contributed by atoms with Crippen LogP contribution in [0.25, 0.3) is 0 Å². The topological polar surface area (TPSA) is 74.6 Å². The molecule has 0 bridgehead atoms. The molecule has 1 aromatic rings. The summed E-state index contributed by atoms with van der Waals surface area (Å²) in [7, 11) is 0. The van der Waals surface area contributed by atoms with Crippen LogP contribution in [0.5, 0.6) is 5.75 Å². The Bertz CT molecular complexity index is 605. The van der Waals surface area contributed by atoms with Crippen molar-refractivity contribution in [1.29, 1.82) is 5.26 Å². The van der Waals surface area contributed by atoms with Crippen molar-refractivity contribution in [3.8, 4) is 11.8 Å². The van der Waals surface area contributed by atoms with Crippen LogP contribution in [-0.2, 0) is 9.53 Å². The normalized spacial score (nSPS) is 21.6. The molecular formula is C19H25N3O3. The van der Waals surface area contributed by atoms with Crippen molar-refractivity contribution in [2.45, 2.75) is 37.8 Å². The van der Waals surface area contributed by atoms with E-state index in [0.717, 1.165) is 6.54 Å². The summed E-state index contributed by atoms with van der Waals surface area (Å²) in [5.41, 5.74) is 0.602. The third kappa shape index (κ3) is 4.71. The van der Waals surface area contributed by atoms with E-state index in [1.165, 1.54) is 25.7 Å². The van der Waals surface area contributed by atoms with Gasteiger partial charge in [0.15, 0.2) is 0 Å². The first kappa shape index (κ1) is 17.7. The number of morpholine rings is 1.